The van der Waals surface area contributed by atoms with Gasteiger partial charge in [-0.1, -0.05) is 42.5 Å². The number of rotatable bonds is 7. The van der Waals surface area contributed by atoms with Crippen molar-refractivity contribution in [3.05, 3.63) is 70.8 Å². The van der Waals surface area contributed by atoms with Gasteiger partial charge >= 0.3 is 6.09 Å². The molecule has 10 nitrogen and oxygen atoms in total. The van der Waals surface area contributed by atoms with Gasteiger partial charge in [-0.05, 0) is 73.6 Å². The smallest absolute Gasteiger partial charge is 0.410 e. The van der Waals surface area contributed by atoms with Gasteiger partial charge < -0.3 is 19.3 Å². The SMILES string of the molecule is O=C1CCC(N2Cc3cc(C4CCC(N5CC(OC6CCN(C(=O)OCc7ccccc7)CC6)C5)CC4)ccc3C2=O)C(=O)N1. The van der Waals surface area contributed by atoms with Gasteiger partial charge in [0.05, 0.1) is 12.2 Å². The maximum absolute atomic E-state index is 13.1. The number of likely N-dealkylation sites (tertiary alicyclic amines) is 2. The second-order valence-electron chi connectivity index (χ2n) is 13.3. The van der Waals surface area contributed by atoms with Crippen molar-refractivity contribution in [3.8, 4) is 0 Å². The van der Waals surface area contributed by atoms with Gasteiger partial charge in [-0.15, -0.1) is 0 Å². The van der Waals surface area contributed by atoms with Gasteiger partial charge in [0.2, 0.25) is 11.8 Å². The van der Waals surface area contributed by atoms with E-state index < -0.39 is 6.04 Å². The number of hydrogen-bond donors (Lipinski definition) is 1. The van der Waals surface area contributed by atoms with E-state index >= 15 is 0 Å². The minimum atomic E-state index is -0.576. The molecule has 1 N–H and O–H groups in total. The lowest BCUT2D eigenvalue weighted by Crippen LogP contribution is -2.58. The number of carbonyl (C=O) groups is 4. The summed E-state index contributed by atoms with van der Waals surface area (Å²) in [5.41, 5.74) is 3.94. The van der Waals surface area contributed by atoms with E-state index in [9.17, 15) is 19.2 Å². The van der Waals surface area contributed by atoms with E-state index in [1.807, 2.05) is 36.4 Å². The lowest BCUT2D eigenvalue weighted by molar-refractivity contribution is -0.136. The summed E-state index contributed by atoms with van der Waals surface area (Å²) in [7, 11) is 0. The maximum atomic E-state index is 13.1. The quantitative estimate of drug-likeness (QED) is 0.470. The largest absolute Gasteiger partial charge is 0.445 e. The molecular weight excluding hydrogens is 572 g/mol. The van der Waals surface area contributed by atoms with Crippen LogP contribution in [0.3, 0.4) is 0 Å². The molecule has 5 aliphatic rings. The molecule has 238 valence electrons. The molecule has 0 radical (unpaired) electrons. The predicted octanol–water partition coefficient (Wildman–Crippen LogP) is 3.98. The van der Waals surface area contributed by atoms with Crippen LogP contribution in [-0.2, 0) is 32.2 Å². The van der Waals surface area contributed by atoms with Crippen LogP contribution in [0, 0.1) is 0 Å². The molecule has 4 aliphatic heterocycles. The van der Waals surface area contributed by atoms with Crippen LogP contribution in [0.5, 0.6) is 0 Å². The molecule has 0 aromatic heterocycles. The van der Waals surface area contributed by atoms with Gasteiger partial charge in [-0.2, -0.15) is 0 Å². The molecule has 7 rings (SSSR count). The summed E-state index contributed by atoms with van der Waals surface area (Å²) in [6.07, 6.45) is 7.11. The molecule has 1 aliphatic carbocycles. The summed E-state index contributed by atoms with van der Waals surface area (Å²) >= 11 is 0. The van der Waals surface area contributed by atoms with Crippen LogP contribution in [-0.4, -0.2) is 89.0 Å². The van der Waals surface area contributed by atoms with E-state index in [1.165, 1.54) is 5.56 Å². The third-order valence-corrected chi connectivity index (χ3v) is 10.4. The van der Waals surface area contributed by atoms with Crippen LogP contribution >= 0.6 is 0 Å². The zero-order valence-corrected chi connectivity index (χ0v) is 25.7. The van der Waals surface area contributed by atoms with Gasteiger partial charge in [0.1, 0.15) is 12.6 Å². The second kappa shape index (κ2) is 12.9. The molecule has 2 aromatic rings. The van der Waals surface area contributed by atoms with E-state index in [1.54, 1.807) is 9.80 Å². The van der Waals surface area contributed by atoms with E-state index in [4.69, 9.17) is 9.47 Å². The zero-order valence-electron chi connectivity index (χ0n) is 25.7. The van der Waals surface area contributed by atoms with Crippen LogP contribution in [0.15, 0.2) is 48.5 Å². The first kappa shape index (κ1) is 29.9. The summed E-state index contributed by atoms with van der Waals surface area (Å²) in [5.74, 6) is -0.275. The summed E-state index contributed by atoms with van der Waals surface area (Å²) in [5, 5.41) is 2.38. The summed E-state index contributed by atoms with van der Waals surface area (Å²) in [6, 6.07) is 16.0. The number of hydrogen-bond acceptors (Lipinski definition) is 7. The molecule has 1 unspecified atom stereocenters. The Labute approximate surface area is 264 Å². The van der Waals surface area contributed by atoms with Crippen molar-refractivity contribution in [2.45, 2.75) is 94.7 Å². The Hall–Kier alpha value is -3.76. The lowest BCUT2D eigenvalue weighted by Gasteiger charge is -2.47. The number of piperidine rings is 2. The van der Waals surface area contributed by atoms with Crippen LogP contribution in [0.4, 0.5) is 4.79 Å². The molecule has 10 heteroatoms. The molecule has 4 amide bonds. The summed E-state index contributed by atoms with van der Waals surface area (Å²) in [4.78, 5) is 55.4. The number of carbonyl (C=O) groups excluding carboxylic acids is 4. The lowest BCUT2D eigenvalue weighted by atomic mass is 9.80. The minimum Gasteiger partial charge on any atom is -0.445 e. The van der Waals surface area contributed by atoms with Crippen LogP contribution in [0.1, 0.15) is 84.3 Å². The first-order chi connectivity index (χ1) is 21.9. The van der Waals surface area contributed by atoms with Gasteiger partial charge in [-0.3, -0.25) is 24.6 Å². The van der Waals surface area contributed by atoms with Crippen molar-refractivity contribution in [1.82, 2.24) is 20.0 Å². The van der Waals surface area contributed by atoms with Crippen LogP contribution in [0.2, 0.25) is 0 Å². The molecule has 1 saturated carbocycles. The van der Waals surface area contributed by atoms with Crippen molar-refractivity contribution in [2.24, 2.45) is 0 Å². The second-order valence-corrected chi connectivity index (χ2v) is 13.3. The molecule has 2 aromatic carbocycles. The topological polar surface area (TPSA) is 108 Å². The highest BCUT2D eigenvalue weighted by Crippen LogP contribution is 2.38. The van der Waals surface area contributed by atoms with E-state index in [-0.39, 0.29) is 42.4 Å². The average molecular weight is 615 g/mol. The monoisotopic (exact) mass is 614 g/mol. The molecule has 3 saturated heterocycles. The Kier molecular flexibility index (Phi) is 8.59. The molecule has 0 bridgehead atoms. The van der Waals surface area contributed by atoms with E-state index in [0.29, 0.717) is 50.2 Å². The zero-order chi connectivity index (χ0) is 30.9. The highest BCUT2D eigenvalue weighted by molar-refractivity contribution is 6.05. The van der Waals surface area contributed by atoms with Crippen LogP contribution < -0.4 is 5.32 Å². The number of nitrogens with zero attached hydrogens (tertiary/aromatic N) is 3. The van der Waals surface area contributed by atoms with Gasteiger partial charge in [0.15, 0.2) is 0 Å². The van der Waals surface area contributed by atoms with Crippen molar-refractivity contribution in [2.75, 3.05) is 26.2 Å². The highest BCUT2D eigenvalue weighted by Gasteiger charge is 2.40. The Morgan fingerprint density at radius 3 is 2.36 bits per heavy atom. The average Bonchev–Trinajstić information content (AvgIpc) is 3.37. The standard InChI is InChI=1S/C35H42N4O6/c40-32-13-12-31(33(41)36-32)39-19-26-18-25(8-11-30(26)34(39)42)24-6-9-27(10-7-24)38-20-29(21-38)45-28-14-16-37(17-15-28)35(43)44-22-23-4-2-1-3-5-23/h1-5,8,11,18,24,27-29,31H,6-7,9-10,12-17,19-22H2,(H,36,40,41). The van der Waals surface area contributed by atoms with Crippen molar-refractivity contribution in [3.63, 3.8) is 0 Å². The molecule has 4 heterocycles. The van der Waals surface area contributed by atoms with Gasteiger partial charge in [0.25, 0.3) is 5.91 Å². The fraction of sp³-hybridized carbons (Fsp3) is 0.543. The predicted molar refractivity (Wildman–Crippen MR) is 165 cm³/mol. The molecular formula is C35H42N4O6. The number of fused-ring (bicyclic) bond motifs is 1. The normalized spacial score (nSPS) is 26.4. The van der Waals surface area contributed by atoms with Gasteiger partial charge in [-0.25, -0.2) is 4.79 Å². The van der Waals surface area contributed by atoms with E-state index in [0.717, 1.165) is 62.7 Å². The Balaban J connectivity index is 0.820. The molecule has 0 spiro atoms. The van der Waals surface area contributed by atoms with Crippen molar-refractivity contribution in [1.29, 1.82) is 0 Å². The number of imide groups is 1. The van der Waals surface area contributed by atoms with Gasteiger partial charge in [0, 0.05) is 50.7 Å². The number of benzene rings is 2. The molecule has 1 atom stereocenters. The third-order valence-electron chi connectivity index (χ3n) is 10.4. The number of nitrogens with one attached hydrogen (secondary N) is 1. The minimum absolute atomic E-state index is 0.115. The van der Waals surface area contributed by atoms with Crippen molar-refractivity contribution >= 4 is 23.8 Å². The Morgan fingerprint density at radius 1 is 0.867 bits per heavy atom. The number of ether oxygens (including phenoxy) is 2. The van der Waals surface area contributed by atoms with Crippen molar-refractivity contribution < 1.29 is 28.7 Å². The summed E-state index contributed by atoms with van der Waals surface area (Å²) < 4.78 is 11.9. The first-order valence-electron chi connectivity index (χ1n) is 16.5. The molecule has 4 fully saturated rings. The first-order valence-corrected chi connectivity index (χ1v) is 16.5. The highest BCUT2D eigenvalue weighted by atomic mass is 16.6. The molecule has 45 heavy (non-hydrogen) atoms. The maximum Gasteiger partial charge on any atom is 0.410 e. The third kappa shape index (κ3) is 6.49. The number of amides is 4. The summed E-state index contributed by atoms with van der Waals surface area (Å²) in [6.45, 7) is 4.03. The fourth-order valence-electron chi connectivity index (χ4n) is 7.73. The fourth-order valence-corrected chi connectivity index (χ4v) is 7.73. The Bertz CT molecular complexity index is 1430. The van der Waals surface area contributed by atoms with Crippen LogP contribution in [0.25, 0.3) is 0 Å². The Morgan fingerprint density at radius 2 is 1.62 bits per heavy atom. The van der Waals surface area contributed by atoms with E-state index in [2.05, 4.69) is 22.3 Å².